The molecule has 430 valence electrons. The van der Waals surface area contributed by atoms with Crippen molar-refractivity contribution in [3.63, 3.8) is 0 Å². The molecule has 0 bridgehead atoms. The van der Waals surface area contributed by atoms with Crippen LogP contribution in [0.4, 0.5) is 0 Å². The average molecular weight is 1100 g/mol. The quantitative estimate of drug-likeness (QED) is 0.0248. The van der Waals surface area contributed by atoms with Crippen molar-refractivity contribution in [2.45, 2.75) is 221 Å². The van der Waals surface area contributed by atoms with Crippen LogP contribution in [0.5, 0.6) is 5.75 Å². The van der Waals surface area contributed by atoms with Crippen LogP contribution in [-0.2, 0) is 32.1 Å². The summed E-state index contributed by atoms with van der Waals surface area (Å²) in [6.07, 6.45) is 37.0. The monoisotopic (exact) mass is 1100 g/mol. The molecule has 0 amide bonds. The molecule has 0 N–H and O–H groups in total. The van der Waals surface area contributed by atoms with Gasteiger partial charge in [0.2, 0.25) is 0 Å². The van der Waals surface area contributed by atoms with E-state index in [2.05, 4.69) is 228 Å². The van der Waals surface area contributed by atoms with Crippen molar-refractivity contribution >= 4 is 0 Å². The van der Waals surface area contributed by atoms with Crippen molar-refractivity contribution in [3.05, 3.63) is 217 Å². The van der Waals surface area contributed by atoms with Crippen LogP contribution < -0.4 is 4.74 Å². The third-order valence-electron chi connectivity index (χ3n) is 15.5. The van der Waals surface area contributed by atoms with Gasteiger partial charge in [-0.25, -0.2) is 0 Å². The van der Waals surface area contributed by atoms with Crippen LogP contribution in [0.2, 0.25) is 0 Å². The third-order valence-corrected chi connectivity index (χ3v) is 15.5. The van der Waals surface area contributed by atoms with Crippen LogP contribution in [0.25, 0.3) is 0 Å². The molecule has 1 nitrogen and oxygen atoms in total. The van der Waals surface area contributed by atoms with Crippen LogP contribution in [-0.4, -0.2) is 0 Å². The molecular weight excluding hydrogens is 1000 g/mol. The molecule has 6 aromatic rings. The lowest BCUT2D eigenvalue weighted by Gasteiger charge is -2.15. The molecular formula is C82H96O. The summed E-state index contributed by atoms with van der Waals surface area (Å²) in [4.78, 5) is 0. The fourth-order valence-electron chi connectivity index (χ4n) is 10.2. The first-order valence-corrected chi connectivity index (χ1v) is 32.5. The maximum Gasteiger partial charge on any atom is 0.160 e. The Hall–Kier alpha value is -7.34. The predicted molar refractivity (Wildman–Crippen MR) is 357 cm³/mol. The zero-order valence-electron chi connectivity index (χ0n) is 51.9. The molecule has 6 aromatic carbocycles. The Balaban J connectivity index is 1.66. The number of aryl methyl sites for hydroxylation is 5. The summed E-state index contributed by atoms with van der Waals surface area (Å²) in [6, 6.07) is 43.8. The van der Waals surface area contributed by atoms with Crippen LogP contribution in [0.1, 0.15) is 273 Å². The molecule has 0 spiro atoms. The van der Waals surface area contributed by atoms with Crippen molar-refractivity contribution in [1.29, 1.82) is 0 Å². The Morgan fingerprint density at radius 1 is 0.253 bits per heavy atom. The number of ether oxygens (including phenoxy) is 1. The zero-order valence-corrected chi connectivity index (χ0v) is 51.9. The first kappa shape index (κ1) is 64.8. The zero-order chi connectivity index (χ0) is 58.4. The summed E-state index contributed by atoms with van der Waals surface area (Å²) >= 11 is 0. The molecule has 0 aliphatic rings. The summed E-state index contributed by atoms with van der Waals surface area (Å²) < 4.78 is 7.07. The van der Waals surface area contributed by atoms with Crippen LogP contribution in [0, 0.1) is 59.2 Å². The van der Waals surface area contributed by atoms with E-state index in [1.54, 1.807) is 0 Å². The maximum atomic E-state index is 7.07. The molecule has 0 saturated carbocycles. The number of benzene rings is 6. The van der Waals surface area contributed by atoms with Gasteiger partial charge in [0.15, 0.2) is 5.75 Å². The highest BCUT2D eigenvalue weighted by atomic mass is 16.5. The Kier molecular flexibility index (Phi) is 30.6. The predicted octanol–water partition coefficient (Wildman–Crippen LogP) is 21.4. The molecule has 0 aromatic heterocycles. The molecule has 0 aliphatic heterocycles. The number of hydrogen-bond acceptors (Lipinski definition) is 1. The minimum atomic E-state index is 0.543. The largest absolute Gasteiger partial charge is 0.463 e. The van der Waals surface area contributed by atoms with Gasteiger partial charge in [0.25, 0.3) is 0 Å². The van der Waals surface area contributed by atoms with E-state index < -0.39 is 0 Å². The van der Waals surface area contributed by atoms with Crippen molar-refractivity contribution in [3.8, 4) is 65.0 Å². The van der Waals surface area contributed by atoms with Gasteiger partial charge in [0.05, 0.1) is 34.1 Å². The standard InChI is InChI=1S/C82H96O/c1-7-13-19-20-21-22-23-24-30-66-83-82-80(64-59-75-52-42-70(43-53-75)34-28-17-11-5)78(62-57-73-48-38-68(39-49-73)32-26-15-9-3)77(61-56-72-46-36-67(37-47-72)31-25-14-8-2)79(63-58-74-50-40-69(41-51-74)33-27-16-10-4)81(82)65-60-76-54-44-71(45-55-76)35-29-18-12-6/h30,36-55,66H,7-29,31-35H2,1-6H3. The third kappa shape index (κ3) is 23.8. The summed E-state index contributed by atoms with van der Waals surface area (Å²) in [5.41, 5.74) is 14.6. The van der Waals surface area contributed by atoms with Gasteiger partial charge in [-0.05, 0) is 172 Å². The van der Waals surface area contributed by atoms with Gasteiger partial charge >= 0.3 is 0 Å². The summed E-state index contributed by atoms with van der Waals surface area (Å²) in [5, 5.41) is 0. The van der Waals surface area contributed by atoms with Crippen molar-refractivity contribution < 1.29 is 4.74 Å². The Morgan fingerprint density at radius 2 is 0.482 bits per heavy atom. The second-order valence-corrected chi connectivity index (χ2v) is 22.6. The second-order valence-electron chi connectivity index (χ2n) is 22.6. The number of rotatable bonds is 30. The molecule has 0 atom stereocenters. The lowest BCUT2D eigenvalue weighted by atomic mass is 9.89. The molecule has 0 unspecified atom stereocenters. The molecule has 1 heteroatoms. The molecule has 6 rings (SSSR count). The summed E-state index contributed by atoms with van der Waals surface area (Å²) in [5.74, 6) is 37.2. The lowest BCUT2D eigenvalue weighted by molar-refractivity contribution is 0.474. The van der Waals surface area contributed by atoms with Gasteiger partial charge in [0.1, 0.15) is 0 Å². The topological polar surface area (TPSA) is 9.23 Å². The molecule has 0 fully saturated rings. The summed E-state index contributed by atoms with van der Waals surface area (Å²) in [6.45, 7) is 13.6. The number of allylic oxidation sites excluding steroid dienone is 1. The van der Waals surface area contributed by atoms with Gasteiger partial charge < -0.3 is 4.74 Å². The maximum absolute atomic E-state index is 7.07. The van der Waals surface area contributed by atoms with Gasteiger partial charge in [-0.1, -0.05) is 264 Å². The number of unbranched alkanes of at least 4 members (excludes halogenated alkanes) is 17. The van der Waals surface area contributed by atoms with E-state index in [1.165, 1.54) is 163 Å². The molecule has 0 heterocycles. The molecule has 83 heavy (non-hydrogen) atoms. The van der Waals surface area contributed by atoms with Gasteiger partial charge in [-0.15, -0.1) is 0 Å². The Labute approximate surface area is 505 Å². The van der Waals surface area contributed by atoms with Crippen LogP contribution in [0.15, 0.2) is 134 Å². The van der Waals surface area contributed by atoms with E-state index >= 15 is 0 Å². The van der Waals surface area contributed by atoms with E-state index in [0.29, 0.717) is 33.6 Å². The SMILES string of the molecule is CCCCCCCCCC=COc1c(C#Cc2ccc(CCCCC)cc2)c(C#Cc2ccc(CCCCC)cc2)c(C#Cc2ccc(CCCCC)cc2)c(C#Cc2ccc(CCCCC)cc2)c1C#Cc1ccc(CCCCC)cc1. The van der Waals surface area contributed by atoms with Crippen LogP contribution >= 0.6 is 0 Å². The molecule has 0 aliphatic carbocycles. The van der Waals surface area contributed by atoms with E-state index in [9.17, 15) is 0 Å². The first-order chi connectivity index (χ1) is 40.9. The first-order valence-electron chi connectivity index (χ1n) is 32.5. The van der Waals surface area contributed by atoms with Gasteiger partial charge in [-0.2, -0.15) is 0 Å². The van der Waals surface area contributed by atoms with E-state index in [-0.39, 0.29) is 0 Å². The van der Waals surface area contributed by atoms with Gasteiger partial charge in [0, 0.05) is 27.8 Å². The number of hydrogen-bond donors (Lipinski definition) is 0. The fourth-order valence-corrected chi connectivity index (χ4v) is 10.2. The van der Waals surface area contributed by atoms with Gasteiger partial charge in [-0.3, -0.25) is 0 Å². The molecule has 0 radical (unpaired) electrons. The lowest BCUT2D eigenvalue weighted by Crippen LogP contribution is -2.04. The highest BCUT2D eigenvalue weighted by Crippen LogP contribution is 2.35. The highest BCUT2D eigenvalue weighted by Gasteiger charge is 2.22. The van der Waals surface area contributed by atoms with Crippen molar-refractivity contribution in [2.75, 3.05) is 0 Å². The Bertz CT molecular complexity index is 3030. The Morgan fingerprint density at radius 3 is 0.759 bits per heavy atom. The average Bonchev–Trinajstić information content (AvgIpc) is 3.65. The second kappa shape index (κ2) is 39.2. The van der Waals surface area contributed by atoms with Crippen LogP contribution in [0.3, 0.4) is 0 Å². The molecule has 0 saturated heterocycles. The highest BCUT2D eigenvalue weighted by molar-refractivity contribution is 5.78. The summed E-state index contributed by atoms with van der Waals surface area (Å²) in [7, 11) is 0. The van der Waals surface area contributed by atoms with E-state index in [4.69, 9.17) is 4.74 Å². The van der Waals surface area contributed by atoms with Crippen molar-refractivity contribution in [2.24, 2.45) is 0 Å². The minimum Gasteiger partial charge on any atom is -0.463 e. The normalized spacial score (nSPS) is 10.6. The van der Waals surface area contributed by atoms with E-state index in [1.807, 2.05) is 6.26 Å². The minimum absolute atomic E-state index is 0.543. The van der Waals surface area contributed by atoms with Crippen molar-refractivity contribution in [1.82, 2.24) is 0 Å². The smallest absolute Gasteiger partial charge is 0.160 e. The fraction of sp³-hybridized carbons (Fsp3) is 0.415. The van der Waals surface area contributed by atoms with E-state index in [0.717, 1.165) is 72.8 Å².